The van der Waals surface area contributed by atoms with Crippen molar-refractivity contribution in [1.29, 1.82) is 0 Å². The average molecular weight is 369 g/mol. The molecular formula is C22H18F3NO. The van der Waals surface area contributed by atoms with E-state index >= 15 is 0 Å². The molecule has 1 aliphatic carbocycles. The molecule has 0 saturated heterocycles. The predicted molar refractivity (Wildman–Crippen MR) is 98.4 cm³/mol. The van der Waals surface area contributed by atoms with Crippen LogP contribution in [0, 0.1) is 17.6 Å². The molecule has 2 aromatic rings. The number of carbonyl (C=O) groups is 1. The SMILES string of the molecule is C[C@H]1C=CC(F)=CC=C1C(C(N)=O)(c1ccc(F)cc1)c1ccccc1F. The summed E-state index contributed by atoms with van der Waals surface area (Å²) in [7, 11) is 0. The molecule has 2 N–H and O–H groups in total. The van der Waals surface area contributed by atoms with E-state index in [0.717, 1.165) is 0 Å². The molecule has 2 nitrogen and oxygen atoms in total. The molecule has 1 unspecified atom stereocenters. The quantitative estimate of drug-likeness (QED) is 0.832. The Bertz CT molecular complexity index is 960. The minimum absolute atomic E-state index is 0.0336. The highest BCUT2D eigenvalue weighted by Gasteiger charge is 2.47. The lowest BCUT2D eigenvalue weighted by atomic mass is 9.65. The van der Waals surface area contributed by atoms with Gasteiger partial charge in [-0.3, -0.25) is 4.79 Å². The molecule has 1 aliphatic rings. The summed E-state index contributed by atoms with van der Waals surface area (Å²) in [5, 5.41) is 0. The van der Waals surface area contributed by atoms with E-state index in [4.69, 9.17) is 5.73 Å². The molecule has 0 saturated carbocycles. The van der Waals surface area contributed by atoms with Crippen LogP contribution in [0.2, 0.25) is 0 Å². The summed E-state index contributed by atoms with van der Waals surface area (Å²) < 4.78 is 42.2. The van der Waals surface area contributed by atoms with Gasteiger partial charge in [0.15, 0.2) is 0 Å². The van der Waals surface area contributed by atoms with Crippen molar-refractivity contribution in [3.63, 3.8) is 0 Å². The van der Waals surface area contributed by atoms with Gasteiger partial charge in [0.2, 0.25) is 5.91 Å². The number of allylic oxidation sites excluding steroid dienone is 5. The second kappa shape index (κ2) is 7.27. The van der Waals surface area contributed by atoms with E-state index < -0.39 is 34.7 Å². The molecule has 0 heterocycles. The topological polar surface area (TPSA) is 43.1 Å². The first-order valence-electron chi connectivity index (χ1n) is 8.44. The van der Waals surface area contributed by atoms with E-state index in [-0.39, 0.29) is 5.56 Å². The molecule has 0 bridgehead atoms. The van der Waals surface area contributed by atoms with Gasteiger partial charge in [-0.25, -0.2) is 13.2 Å². The van der Waals surface area contributed by atoms with Crippen LogP contribution in [0.5, 0.6) is 0 Å². The smallest absolute Gasteiger partial charge is 0.236 e. The van der Waals surface area contributed by atoms with Crippen molar-refractivity contribution in [1.82, 2.24) is 0 Å². The lowest BCUT2D eigenvalue weighted by molar-refractivity contribution is -0.121. The fourth-order valence-electron chi connectivity index (χ4n) is 3.54. The van der Waals surface area contributed by atoms with Gasteiger partial charge < -0.3 is 5.73 Å². The first-order valence-corrected chi connectivity index (χ1v) is 8.44. The Hall–Kier alpha value is -3.08. The summed E-state index contributed by atoms with van der Waals surface area (Å²) in [5.74, 6) is -2.89. The van der Waals surface area contributed by atoms with Crippen LogP contribution in [0.4, 0.5) is 13.2 Å². The Morgan fingerprint density at radius 3 is 2.30 bits per heavy atom. The molecule has 0 aliphatic heterocycles. The molecular weight excluding hydrogens is 351 g/mol. The predicted octanol–water partition coefficient (Wildman–Crippen LogP) is 4.72. The molecule has 2 aromatic carbocycles. The van der Waals surface area contributed by atoms with E-state index in [1.807, 2.05) is 0 Å². The molecule has 138 valence electrons. The van der Waals surface area contributed by atoms with E-state index in [2.05, 4.69) is 0 Å². The minimum Gasteiger partial charge on any atom is -0.368 e. The summed E-state index contributed by atoms with van der Waals surface area (Å²) in [6, 6.07) is 10.9. The van der Waals surface area contributed by atoms with Crippen molar-refractivity contribution in [3.05, 3.63) is 107 Å². The Morgan fingerprint density at radius 2 is 1.67 bits per heavy atom. The van der Waals surface area contributed by atoms with Crippen molar-refractivity contribution in [2.24, 2.45) is 11.7 Å². The van der Waals surface area contributed by atoms with Gasteiger partial charge >= 0.3 is 0 Å². The van der Waals surface area contributed by atoms with Gasteiger partial charge in [0.25, 0.3) is 0 Å². The molecule has 27 heavy (non-hydrogen) atoms. The Kier molecular flexibility index (Phi) is 5.04. The zero-order valence-corrected chi connectivity index (χ0v) is 14.6. The summed E-state index contributed by atoms with van der Waals surface area (Å²) in [4.78, 5) is 12.9. The number of nitrogens with two attached hydrogens (primary N) is 1. The third-order valence-electron chi connectivity index (χ3n) is 4.81. The summed E-state index contributed by atoms with van der Waals surface area (Å²) in [5.41, 5.74) is 4.87. The van der Waals surface area contributed by atoms with E-state index in [0.29, 0.717) is 11.1 Å². The van der Waals surface area contributed by atoms with Gasteiger partial charge in [0.1, 0.15) is 22.9 Å². The third kappa shape index (κ3) is 3.21. The van der Waals surface area contributed by atoms with Gasteiger partial charge in [0, 0.05) is 5.56 Å². The van der Waals surface area contributed by atoms with Gasteiger partial charge in [-0.15, -0.1) is 0 Å². The maximum absolute atomic E-state index is 14.9. The second-order valence-corrected chi connectivity index (χ2v) is 6.42. The van der Waals surface area contributed by atoms with Crippen molar-refractivity contribution < 1.29 is 18.0 Å². The first-order chi connectivity index (χ1) is 12.9. The summed E-state index contributed by atoms with van der Waals surface area (Å²) in [6.07, 6.45) is 5.51. The maximum Gasteiger partial charge on any atom is 0.236 e. The molecule has 0 spiro atoms. The number of amides is 1. The monoisotopic (exact) mass is 369 g/mol. The number of carbonyl (C=O) groups excluding carboxylic acids is 1. The Balaban J connectivity index is 2.42. The molecule has 2 atom stereocenters. The fourth-order valence-corrected chi connectivity index (χ4v) is 3.54. The fraction of sp³-hybridized carbons (Fsp3) is 0.136. The van der Waals surface area contributed by atoms with Crippen molar-refractivity contribution in [3.8, 4) is 0 Å². The second-order valence-electron chi connectivity index (χ2n) is 6.42. The zero-order chi connectivity index (χ0) is 19.6. The highest BCUT2D eigenvalue weighted by Crippen LogP contribution is 2.44. The van der Waals surface area contributed by atoms with Gasteiger partial charge in [0.05, 0.1) is 0 Å². The average Bonchev–Trinajstić information content (AvgIpc) is 2.80. The van der Waals surface area contributed by atoms with Gasteiger partial charge in [-0.2, -0.15) is 0 Å². The van der Waals surface area contributed by atoms with Crippen LogP contribution in [0.3, 0.4) is 0 Å². The number of hydrogen-bond donors (Lipinski definition) is 1. The third-order valence-corrected chi connectivity index (χ3v) is 4.81. The molecule has 0 fully saturated rings. The highest BCUT2D eigenvalue weighted by molar-refractivity contribution is 5.95. The van der Waals surface area contributed by atoms with Crippen LogP contribution in [-0.4, -0.2) is 5.91 Å². The van der Waals surface area contributed by atoms with Crippen LogP contribution in [0.25, 0.3) is 0 Å². The van der Waals surface area contributed by atoms with Crippen molar-refractivity contribution in [2.75, 3.05) is 0 Å². The maximum atomic E-state index is 14.9. The molecule has 0 radical (unpaired) electrons. The number of rotatable bonds is 4. The van der Waals surface area contributed by atoms with Crippen molar-refractivity contribution in [2.45, 2.75) is 12.3 Å². The minimum atomic E-state index is -1.72. The van der Waals surface area contributed by atoms with Crippen LogP contribution < -0.4 is 5.73 Å². The van der Waals surface area contributed by atoms with Crippen LogP contribution in [0.1, 0.15) is 18.1 Å². The normalized spacial score (nSPS) is 18.9. The number of benzene rings is 2. The van der Waals surface area contributed by atoms with Crippen LogP contribution in [0.15, 0.2) is 84.2 Å². The highest BCUT2D eigenvalue weighted by atomic mass is 19.1. The largest absolute Gasteiger partial charge is 0.368 e. The zero-order valence-electron chi connectivity index (χ0n) is 14.6. The lowest BCUT2D eigenvalue weighted by Crippen LogP contribution is -2.46. The van der Waals surface area contributed by atoms with Crippen LogP contribution >= 0.6 is 0 Å². The molecule has 0 aromatic heterocycles. The van der Waals surface area contributed by atoms with E-state index in [9.17, 15) is 18.0 Å². The Labute approximate surface area is 155 Å². The Morgan fingerprint density at radius 1 is 1.00 bits per heavy atom. The van der Waals surface area contributed by atoms with E-state index in [1.54, 1.807) is 19.1 Å². The first kappa shape index (κ1) is 18.7. The molecule has 5 heteroatoms. The van der Waals surface area contributed by atoms with Crippen molar-refractivity contribution >= 4 is 5.91 Å². The lowest BCUT2D eigenvalue weighted by Gasteiger charge is -2.36. The summed E-state index contributed by atoms with van der Waals surface area (Å²) >= 11 is 0. The number of primary amides is 1. The van der Waals surface area contributed by atoms with Crippen LogP contribution in [-0.2, 0) is 10.2 Å². The molecule has 3 rings (SSSR count). The number of hydrogen-bond acceptors (Lipinski definition) is 1. The van der Waals surface area contributed by atoms with E-state index in [1.165, 1.54) is 60.7 Å². The summed E-state index contributed by atoms with van der Waals surface area (Å²) in [6.45, 7) is 1.76. The van der Waals surface area contributed by atoms with Gasteiger partial charge in [-0.1, -0.05) is 49.4 Å². The standard InChI is InChI=1S/C22H18F3NO/c1-14-6-9-16(23)12-13-18(14)22(21(26)27,15-7-10-17(24)11-8-15)19-4-2-3-5-20(19)25/h2-14H,1H3,(H2,26,27)/t14-,22?/m0/s1. The number of halogens is 3. The molecule has 1 amide bonds. The van der Waals surface area contributed by atoms with Gasteiger partial charge in [-0.05, 0) is 47.4 Å².